The quantitative estimate of drug-likeness (QED) is 0.121. The van der Waals surface area contributed by atoms with Gasteiger partial charge in [0.05, 0.1) is 33.1 Å². The fourth-order valence-corrected chi connectivity index (χ4v) is 19.4. The average Bonchev–Trinajstić information content (AvgIpc) is 1.58. The second-order valence-electron chi connectivity index (χ2n) is 33.7. The number of furan rings is 3. The first-order valence-corrected chi connectivity index (χ1v) is 44.6. The van der Waals surface area contributed by atoms with Gasteiger partial charge in [-0.3, -0.25) is 0 Å². The van der Waals surface area contributed by atoms with Crippen LogP contribution in [0, 0.1) is 0 Å². The van der Waals surface area contributed by atoms with Crippen LogP contribution >= 0.6 is 0 Å². The fraction of sp³-hybridized carbons (Fsp3) is 0. The SMILES string of the molecule is c1ccc(-c2ccc(-n3c4ccc(-c5ccc6oc7ccccc7c6c5)cc4c4cc(-c5ccc6oc7ccccc7c6c5)ccc43)cc2)cc1.c1ccc(-c2ccc(-n3c4ccccc4c4cc(-c5ccc6oc7ccccc7c6c5)ccc43)cc2)cc1.c1ccc(-c2ccc(-n3c4ccccc4c4cc(-c5nc(-c6ccccc6)nc(-c6ccccc6)n5)ccc43)cc2)cc1. The first-order valence-electron chi connectivity index (χ1n) is 44.6. The van der Waals surface area contributed by atoms with Crippen molar-refractivity contribution in [2.24, 2.45) is 0 Å². The number of rotatable bonds is 12. The van der Waals surface area contributed by atoms with Crippen molar-refractivity contribution in [1.82, 2.24) is 28.7 Å². The molecule has 0 aliphatic rings. The summed E-state index contributed by atoms with van der Waals surface area (Å²) < 4.78 is 25.5. The third-order valence-electron chi connectivity index (χ3n) is 25.9. The molecule has 618 valence electrons. The maximum atomic E-state index is 6.15. The van der Waals surface area contributed by atoms with Crippen molar-refractivity contribution in [2.75, 3.05) is 0 Å². The van der Waals surface area contributed by atoms with Crippen LogP contribution < -0.4 is 0 Å². The maximum Gasteiger partial charge on any atom is 0.164 e. The Hall–Kier alpha value is -17.8. The molecule has 0 bridgehead atoms. The molecule has 27 aromatic rings. The van der Waals surface area contributed by atoms with E-state index in [-0.39, 0.29) is 0 Å². The van der Waals surface area contributed by atoms with Crippen LogP contribution in [0.5, 0.6) is 0 Å². The van der Waals surface area contributed by atoms with Crippen LogP contribution in [0.3, 0.4) is 0 Å². The summed E-state index contributed by atoms with van der Waals surface area (Å²) in [6.45, 7) is 0. The molecule has 0 aliphatic heterocycles. The summed E-state index contributed by atoms with van der Waals surface area (Å²) in [7, 11) is 0. The summed E-state index contributed by atoms with van der Waals surface area (Å²) in [4.78, 5) is 14.8. The highest BCUT2D eigenvalue weighted by Crippen LogP contribution is 2.45. The van der Waals surface area contributed by atoms with Gasteiger partial charge in [-0.05, 0) is 224 Å². The molecule has 9 nitrogen and oxygen atoms in total. The summed E-state index contributed by atoms with van der Waals surface area (Å²) in [5, 5.41) is 14.1. The molecule has 0 radical (unpaired) electrons. The van der Waals surface area contributed by atoms with E-state index < -0.39 is 0 Å². The molecule has 0 amide bonds. The van der Waals surface area contributed by atoms with E-state index in [0.717, 1.165) is 127 Å². The van der Waals surface area contributed by atoms with Gasteiger partial charge in [0.1, 0.15) is 33.5 Å². The van der Waals surface area contributed by atoms with E-state index in [2.05, 4.69) is 384 Å². The summed E-state index contributed by atoms with van der Waals surface area (Å²) >= 11 is 0. The van der Waals surface area contributed by atoms with Gasteiger partial charge in [0.2, 0.25) is 0 Å². The molecule has 9 heteroatoms. The average molecular weight is 1690 g/mol. The monoisotopic (exact) mass is 1690 g/mol. The lowest BCUT2D eigenvalue weighted by Crippen LogP contribution is -2.00. The molecule has 0 saturated heterocycles. The summed E-state index contributed by atoms with van der Waals surface area (Å²) in [6.07, 6.45) is 0. The topological polar surface area (TPSA) is 92.9 Å². The molecule has 20 aromatic carbocycles. The second-order valence-corrected chi connectivity index (χ2v) is 33.7. The summed E-state index contributed by atoms with van der Waals surface area (Å²) in [6, 6.07) is 167. The Kier molecular flexibility index (Phi) is 18.7. The zero-order valence-corrected chi connectivity index (χ0v) is 71.4. The predicted octanol–water partition coefficient (Wildman–Crippen LogP) is 33.2. The van der Waals surface area contributed by atoms with Gasteiger partial charge in [0.15, 0.2) is 17.5 Å². The highest BCUT2D eigenvalue weighted by Gasteiger charge is 2.23. The molecule has 27 rings (SSSR count). The van der Waals surface area contributed by atoms with Gasteiger partial charge in [-0.25, -0.2) is 15.0 Å². The van der Waals surface area contributed by atoms with Gasteiger partial charge < -0.3 is 27.0 Å². The van der Waals surface area contributed by atoms with Crippen LogP contribution in [-0.4, -0.2) is 28.7 Å². The first-order chi connectivity index (χ1) is 65.4. The molecule has 0 atom stereocenters. The summed E-state index contributed by atoms with van der Waals surface area (Å²) in [5.41, 5.74) is 33.2. The minimum Gasteiger partial charge on any atom is -0.456 e. The standard InChI is InChI=1S/C48H29NO2.C39H26N4.C36H23NO/c1-2-8-30(9-3-1)31-14-20-36(21-15-31)49-43-22-16-32(34-18-24-47-41(28-34)37-10-4-6-12-45(37)50-47)26-39(43)40-27-33(17-23-44(40)49)35-19-25-48-42(29-35)38-11-5-7-13-46(38)51-48;1-4-12-27(13-5-1)28-20-23-32(24-21-28)43-35-19-11-10-18-33(35)34-26-31(22-25-36(34)43)39-41-37(29-14-6-2-7-15-29)40-38(42-39)30-16-8-3-9-17-30;1-2-8-24(9-3-1)25-14-18-28(19-15-25)37-33-12-6-4-10-29(33)31-22-26(16-20-34(31)37)27-17-21-36-32(23-27)30-11-5-7-13-35(30)38-36/h1-29H;1-26H;1-23H. The van der Waals surface area contributed by atoms with Crippen LogP contribution in [0.25, 0.3) is 249 Å². The maximum absolute atomic E-state index is 6.15. The molecule has 0 saturated carbocycles. The van der Waals surface area contributed by atoms with Gasteiger partial charge in [-0.2, -0.15) is 0 Å². The third-order valence-corrected chi connectivity index (χ3v) is 25.9. The third kappa shape index (κ3) is 13.7. The van der Waals surface area contributed by atoms with E-state index >= 15 is 0 Å². The van der Waals surface area contributed by atoms with Crippen LogP contribution in [0.2, 0.25) is 0 Å². The van der Waals surface area contributed by atoms with Crippen molar-refractivity contribution in [3.63, 3.8) is 0 Å². The number of nitrogens with zero attached hydrogens (tertiary/aromatic N) is 6. The van der Waals surface area contributed by atoms with Crippen LogP contribution in [0.1, 0.15) is 0 Å². The van der Waals surface area contributed by atoms with Gasteiger partial charge >= 0.3 is 0 Å². The van der Waals surface area contributed by atoms with Crippen molar-refractivity contribution in [3.8, 4) is 118 Å². The van der Waals surface area contributed by atoms with E-state index in [1.54, 1.807) is 0 Å². The minimum atomic E-state index is 0.652. The van der Waals surface area contributed by atoms with Crippen molar-refractivity contribution in [3.05, 3.63) is 473 Å². The Morgan fingerprint density at radius 3 is 0.636 bits per heavy atom. The lowest BCUT2D eigenvalue weighted by Gasteiger charge is -2.10. The fourth-order valence-electron chi connectivity index (χ4n) is 19.4. The van der Waals surface area contributed by atoms with Crippen LogP contribution in [-0.2, 0) is 0 Å². The molecule has 7 heterocycles. The van der Waals surface area contributed by atoms with Crippen molar-refractivity contribution in [2.45, 2.75) is 0 Å². The molecule has 7 aromatic heterocycles. The van der Waals surface area contributed by atoms with Gasteiger partial charge in [0.25, 0.3) is 0 Å². The molecular weight excluding hydrogens is 1610 g/mol. The van der Waals surface area contributed by atoms with E-state index in [1.807, 2.05) is 103 Å². The van der Waals surface area contributed by atoms with Gasteiger partial charge in [-0.15, -0.1) is 0 Å². The number of aromatic nitrogens is 6. The predicted molar refractivity (Wildman–Crippen MR) is 546 cm³/mol. The number of para-hydroxylation sites is 5. The zero-order chi connectivity index (χ0) is 87.1. The summed E-state index contributed by atoms with van der Waals surface area (Å²) in [5.74, 6) is 1.97. The number of hydrogen-bond acceptors (Lipinski definition) is 6. The Balaban J connectivity index is 0.000000108. The van der Waals surface area contributed by atoms with Crippen molar-refractivity contribution < 1.29 is 13.3 Å². The van der Waals surface area contributed by atoms with E-state index in [0.29, 0.717) is 17.5 Å². The lowest BCUT2D eigenvalue weighted by molar-refractivity contribution is 0.668. The Bertz CT molecular complexity index is 8880. The Morgan fingerprint density at radius 2 is 0.326 bits per heavy atom. The second kappa shape index (κ2) is 32.3. The number of hydrogen-bond donors (Lipinski definition) is 0. The number of fused-ring (bicyclic) bond motifs is 18. The first kappa shape index (κ1) is 76.6. The smallest absolute Gasteiger partial charge is 0.164 e. The minimum absolute atomic E-state index is 0.652. The lowest BCUT2D eigenvalue weighted by atomic mass is 9.98. The van der Waals surface area contributed by atoms with Crippen LogP contribution in [0.4, 0.5) is 0 Å². The molecule has 0 spiro atoms. The highest BCUT2D eigenvalue weighted by atomic mass is 16.3. The van der Waals surface area contributed by atoms with E-state index in [4.69, 9.17) is 28.2 Å². The van der Waals surface area contributed by atoms with Gasteiger partial charge in [-0.1, -0.05) is 315 Å². The Morgan fingerprint density at radius 1 is 0.129 bits per heavy atom. The number of benzene rings is 20. The molecule has 0 fully saturated rings. The molecule has 0 aliphatic carbocycles. The molecule has 132 heavy (non-hydrogen) atoms. The van der Waals surface area contributed by atoms with Gasteiger partial charge in [0, 0.05) is 98.4 Å². The van der Waals surface area contributed by atoms with Crippen molar-refractivity contribution in [1.29, 1.82) is 0 Å². The van der Waals surface area contributed by atoms with Crippen molar-refractivity contribution >= 4 is 131 Å². The van der Waals surface area contributed by atoms with E-state index in [1.165, 1.54) is 105 Å². The van der Waals surface area contributed by atoms with E-state index in [9.17, 15) is 0 Å². The largest absolute Gasteiger partial charge is 0.456 e. The molecule has 0 unspecified atom stereocenters. The normalized spacial score (nSPS) is 11.6. The zero-order valence-electron chi connectivity index (χ0n) is 71.4. The molecule has 0 N–H and O–H groups in total. The highest BCUT2D eigenvalue weighted by molar-refractivity contribution is 6.16. The van der Waals surface area contributed by atoms with Crippen LogP contribution in [0.15, 0.2) is 486 Å². The Labute approximate surface area is 759 Å². The molecular formula is C123H78N6O3.